The molecule has 1 aliphatic rings. The van der Waals surface area contributed by atoms with Crippen LogP contribution in [0.15, 0.2) is 48.9 Å². The number of aromatic nitrogens is 2. The van der Waals surface area contributed by atoms with E-state index in [1.807, 2.05) is 32.0 Å². The van der Waals surface area contributed by atoms with Crippen molar-refractivity contribution < 1.29 is 14.3 Å². The van der Waals surface area contributed by atoms with Crippen LogP contribution in [-0.2, 0) is 11.3 Å². The summed E-state index contributed by atoms with van der Waals surface area (Å²) in [4.78, 5) is 21.3. The molecule has 4 rings (SSSR count). The molecular formula is C26H32N4O3. The minimum Gasteiger partial charge on any atom is -0.491 e. The van der Waals surface area contributed by atoms with Crippen molar-refractivity contribution in [3.63, 3.8) is 0 Å². The Labute approximate surface area is 194 Å². The van der Waals surface area contributed by atoms with Crippen LogP contribution in [0.2, 0.25) is 0 Å². The predicted octanol–water partition coefficient (Wildman–Crippen LogP) is 4.57. The van der Waals surface area contributed by atoms with Gasteiger partial charge in [0.1, 0.15) is 17.9 Å². The molecule has 0 saturated carbocycles. The van der Waals surface area contributed by atoms with Crippen LogP contribution in [0.4, 0.5) is 5.82 Å². The van der Waals surface area contributed by atoms with Crippen molar-refractivity contribution in [2.75, 3.05) is 18.5 Å². The molecule has 1 fully saturated rings. The zero-order valence-corrected chi connectivity index (χ0v) is 19.5. The summed E-state index contributed by atoms with van der Waals surface area (Å²) in [7, 11) is 0. The molecule has 1 aliphatic heterocycles. The molecule has 3 aromatic rings. The van der Waals surface area contributed by atoms with E-state index in [-0.39, 0.29) is 18.1 Å². The molecule has 0 bridgehead atoms. The van der Waals surface area contributed by atoms with Gasteiger partial charge in [-0.3, -0.25) is 4.79 Å². The maximum atomic E-state index is 12.9. The lowest BCUT2D eigenvalue weighted by Gasteiger charge is -2.18. The van der Waals surface area contributed by atoms with Gasteiger partial charge in [-0.25, -0.2) is 9.97 Å². The summed E-state index contributed by atoms with van der Waals surface area (Å²) >= 11 is 0. The fourth-order valence-corrected chi connectivity index (χ4v) is 4.29. The quantitative estimate of drug-likeness (QED) is 0.499. The van der Waals surface area contributed by atoms with Crippen molar-refractivity contribution in [3.8, 4) is 5.75 Å². The van der Waals surface area contributed by atoms with E-state index >= 15 is 0 Å². The first-order chi connectivity index (χ1) is 16.0. The van der Waals surface area contributed by atoms with Crippen LogP contribution in [0, 0.1) is 5.92 Å². The Hall–Kier alpha value is -3.19. The average molecular weight is 449 g/mol. The SMILES string of the molecule is CC(C)Oc1ccc2ccccc2c1CNc1ncncc1C(=O)NCC[C@@H]1CCO[C@@H]1C. The molecule has 33 heavy (non-hydrogen) atoms. The van der Waals surface area contributed by atoms with Gasteiger partial charge in [-0.05, 0) is 56.4 Å². The maximum absolute atomic E-state index is 12.9. The maximum Gasteiger partial charge on any atom is 0.256 e. The number of anilines is 1. The van der Waals surface area contributed by atoms with Crippen molar-refractivity contribution in [1.82, 2.24) is 15.3 Å². The van der Waals surface area contributed by atoms with Crippen molar-refractivity contribution >= 4 is 22.5 Å². The molecule has 1 saturated heterocycles. The third-order valence-corrected chi connectivity index (χ3v) is 6.08. The lowest BCUT2D eigenvalue weighted by molar-refractivity contribution is 0.0930. The predicted molar refractivity (Wildman–Crippen MR) is 130 cm³/mol. The van der Waals surface area contributed by atoms with E-state index in [2.05, 4.69) is 45.7 Å². The molecule has 2 aromatic carbocycles. The number of hydrogen-bond acceptors (Lipinski definition) is 6. The lowest BCUT2D eigenvalue weighted by atomic mass is 9.99. The first kappa shape index (κ1) is 23.0. The van der Waals surface area contributed by atoms with Gasteiger partial charge in [0.2, 0.25) is 0 Å². The second-order valence-corrected chi connectivity index (χ2v) is 8.74. The largest absolute Gasteiger partial charge is 0.491 e. The highest BCUT2D eigenvalue weighted by molar-refractivity contribution is 5.98. The van der Waals surface area contributed by atoms with E-state index in [0.717, 1.165) is 41.5 Å². The molecule has 0 aliphatic carbocycles. The van der Waals surface area contributed by atoms with Gasteiger partial charge in [0.05, 0.1) is 17.8 Å². The van der Waals surface area contributed by atoms with Crippen molar-refractivity contribution in [3.05, 3.63) is 60.0 Å². The summed E-state index contributed by atoms with van der Waals surface area (Å²) in [5, 5.41) is 8.60. The Morgan fingerprint density at radius 3 is 2.88 bits per heavy atom. The Balaban J connectivity index is 1.48. The van der Waals surface area contributed by atoms with Gasteiger partial charge in [0.15, 0.2) is 0 Å². The van der Waals surface area contributed by atoms with Crippen molar-refractivity contribution in [1.29, 1.82) is 0 Å². The Bertz CT molecular complexity index is 1100. The van der Waals surface area contributed by atoms with Gasteiger partial charge in [-0.2, -0.15) is 0 Å². The third-order valence-electron chi connectivity index (χ3n) is 6.08. The highest BCUT2D eigenvalue weighted by atomic mass is 16.5. The van der Waals surface area contributed by atoms with Crippen LogP contribution < -0.4 is 15.4 Å². The molecule has 7 nitrogen and oxygen atoms in total. The molecule has 1 amide bonds. The normalized spacial score (nSPS) is 17.9. The van der Waals surface area contributed by atoms with E-state index in [1.165, 1.54) is 6.33 Å². The number of nitrogens with one attached hydrogen (secondary N) is 2. The zero-order chi connectivity index (χ0) is 23.2. The average Bonchev–Trinajstić information content (AvgIpc) is 3.22. The fraction of sp³-hybridized carbons (Fsp3) is 0.423. The van der Waals surface area contributed by atoms with Crippen molar-refractivity contribution in [2.45, 2.75) is 52.4 Å². The van der Waals surface area contributed by atoms with Crippen LogP contribution in [0.3, 0.4) is 0 Å². The Morgan fingerprint density at radius 2 is 2.09 bits per heavy atom. The molecule has 0 radical (unpaired) electrons. The molecule has 2 N–H and O–H groups in total. The smallest absolute Gasteiger partial charge is 0.256 e. The van der Waals surface area contributed by atoms with E-state index in [4.69, 9.17) is 9.47 Å². The fourth-order valence-electron chi connectivity index (χ4n) is 4.29. The monoisotopic (exact) mass is 448 g/mol. The molecule has 0 unspecified atom stereocenters. The second-order valence-electron chi connectivity index (χ2n) is 8.74. The number of carbonyl (C=O) groups excluding carboxylic acids is 1. The lowest BCUT2D eigenvalue weighted by Crippen LogP contribution is -2.28. The number of hydrogen-bond donors (Lipinski definition) is 2. The van der Waals surface area contributed by atoms with Gasteiger partial charge < -0.3 is 20.1 Å². The summed E-state index contributed by atoms with van der Waals surface area (Å²) < 4.78 is 11.7. The Morgan fingerprint density at radius 1 is 1.24 bits per heavy atom. The minimum absolute atomic E-state index is 0.0540. The van der Waals surface area contributed by atoms with E-state index in [1.54, 1.807) is 6.20 Å². The number of carbonyl (C=O) groups is 1. The molecule has 7 heteroatoms. The third kappa shape index (κ3) is 5.60. The van der Waals surface area contributed by atoms with Gasteiger partial charge in [0, 0.05) is 31.5 Å². The first-order valence-corrected chi connectivity index (χ1v) is 11.6. The standard InChI is InChI=1S/C26H32N4O3/c1-17(2)33-24-9-8-20-6-4-5-7-21(20)22(24)15-29-25-23(14-27-16-30-25)26(31)28-12-10-19-11-13-32-18(19)3/h4-9,14,16-19H,10-13,15H2,1-3H3,(H,28,31)(H,27,29,30)/t18-,19-/m1/s1. The summed E-state index contributed by atoms with van der Waals surface area (Å²) in [6, 6.07) is 12.3. The minimum atomic E-state index is -0.179. The number of ether oxygens (including phenoxy) is 2. The van der Waals surface area contributed by atoms with Crippen molar-refractivity contribution in [2.24, 2.45) is 5.92 Å². The summed E-state index contributed by atoms with van der Waals surface area (Å²) in [5.74, 6) is 1.63. The summed E-state index contributed by atoms with van der Waals surface area (Å²) in [6.07, 6.45) is 5.26. The highest BCUT2D eigenvalue weighted by Crippen LogP contribution is 2.30. The van der Waals surface area contributed by atoms with Gasteiger partial charge in [-0.1, -0.05) is 30.3 Å². The van der Waals surface area contributed by atoms with E-state index in [0.29, 0.717) is 30.4 Å². The van der Waals surface area contributed by atoms with E-state index in [9.17, 15) is 4.79 Å². The van der Waals surface area contributed by atoms with Gasteiger partial charge in [0.25, 0.3) is 5.91 Å². The number of rotatable bonds is 9. The molecule has 2 atom stereocenters. The van der Waals surface area contributed by atoms with Crippen LogP contribution in [-0.4, -0.2) is 41.2 Å². The highest BCUT2D eigenvalue weighted by Gasteiger charge is 2.24. The van der Waals surface area contributed by atoms with Gasteiger partial charge in [-0.15, -0.1) is 0 Å². The van der Waals surface area contributed by atoms with E-state index < -0.39 is 0 Å². The molecule has 0 spiro atoms. The summed E-state index contributed by atoms with van der Waals surface area (Å²) in [5.41, 5.74) is 1.46. The van der Waals surface area contributed by atoms with Crippen LogP contribution in [0.25, 0.3) is 10.8 Å². The van der Waals surface area contributed by atoms with Crippen LogP contribution in [0.1, 0.15) is 49.5 Å². The second kappa shape index (κ2) is 10.6. The zero-order valence-electron chi connectivity index (χ0n) is 19.5. The number of nitrogens with zero attached hydrogens (tertiary/aromatic N) is 2. The molecule has 2 heterocycles. The first-order valence-electron chi connectivity index (χ1n) is 11.6. The van der Waals surface area contributed by atoms with Crippen LogP contribution in [0.5, 0.6) is 5.75 Å². The van der Waals surface area contributed by atoms with Gasteiger partial charge >= 0.3 is 0 Å². The molecule has 1 aromatic heterocycles. The number of amides is 1. The topological polar surface area (TPSA) is 85.4 Å². The number of benzene rings is 2. The van der Waals surface area contributed by atoms with Crippen LogP contribution >= 0.6 is 0 Å². The Kier molecular flexibility index (Phi) is 7.40. The molecular weight excluding hydrogens is 416 g/mol. The number of fused-ring (bicyclic) bond motifs is 1. The summed E-state index contributed by atoms with van der Waals surface area (Å²) in [6.45, 7) is 7.99. The molecule has 174 valence electrons.